The lowest BCUT2D eigenvalue weighted by atomic mass is 10.1. The van der Waals surface area contributed by atoms with Crippen LogP contribution in [-0.4, -0.2) is 29.0 Å². The lowest BCUT2D eigenvalue weighted by Gasteiger charge is -2.08. The Morgan fingerprint density at radius 3 is 2.57 bits per heavy atom. The van der Waals surface area contributed by atoms with Crippen LogP contribution in [0.1, 0.15) is 27.9 Å². The number of fused-ring (bicyclic) bond motifs is 1. The molecule has 0 bridgehead atoms. The molecule has 0 unspecified atom stereocenters. The highest BCUT2D eigenvalue weighted by atomic mass is 16.1. The highest BCUT2D eigenvalue weighted by Crippen LogP contribution is 2.17. The van der Waals surface area contributed by atoms with Gasteiger partial charge in [0.15, 0.2) is 0 Å². The van der Waals surface area contributed by atoms with Crippen molar-refractivity contribution in [2.75, 3.05) is 18.4 Å². The number of H-pyrrole nitrogens is 1. The molecule has 0 spiro atoms. The van der Waals surface area contributed by atoms with Crippen molar-refractivity contribution in [3.8, 4) is 0 Å². The Bertz CT molecular complexity index is 1090. The van der Waals surface area contributed by atoms with Crippen molar-refractivity contribution in [3.05, 3.63) is 95.8 Å². The second kappa shape index (κ2) is 9.74. The van der Waals surface area contributed by atoms with Crippen molar-refractivity contribution in [2.24, 2.45) is 0 Å². The molecule has 4 rings (SSSR count). The highest BCUT2D eigenvalue weighted by molar-refractivity contribution is 5.94. The Kier molecular flexibility index (Phi) is 6.40. The van der Waals surface area contributed by atoms with Crippen molar-refractivity contribution >= 4 is 22.6 Å². The molecule has 0 aliphatic carbocycles. The molecule has 5 nitrogen and oxygen atoms in total. The number of amides is 1. The molecule has 0 radical (unpaired) electrons. The summed E-state index contributed by atoms with van der Waals surface area (Å²) in [5.74, 6) is 0.691. The maximum absolute atomic E-state index is 12.4. The van der Waals surface area contributed by atoms with Crippen LogP contribution in [0, 0.1) is 0 Å². The average Bonchev–Trinajstić information content (AvgIpc) is 3.21. The van der Waals surface area contributed by atoms with Crippen LogP contribution in [0.5, 0.6) is 0 Å². The molecule has 0 aliphatic rings. The summed E-state index contributed by atoms with van der Waals surface area (Å²) in [6.45, 7) is 1.43. The van der Waals surface area contributed by atoms with Crippen LogP contribution in [-0.2, 0) is 12.8 Å². The van der Waals surface area contributed by atoms with Crippen LogP contribution in [0.2, 0.25) is 0 Å². The van der Waals surface area contributed by atoms with Crippen LogP contribution in [0.4, 0.5) is 5.82 Å². The number of aryl methyl sites for hydroxylation is 1. The number of hydrogen-bond acceptors (Lipinski definition) is 3. The minimum absolute atomic E-state index is 0.0991. The zero-order valence-electron chi connectivity index (χ0n) is 16.9. The van der Waals surface area contributed by atoms with Crippen LogP contribution < -0.4 is 10.6 Å². The largest absolute Gasteiger partial charge is 0.370 e. The lowest BCUT2D eigenvalue weighted by Crippen LogP contribution is -2.25. The number of anilines is 1. The first-order valence-corrected chi connectivity index (χ1v) is 10.4. The molecule has 0 atom stereocenters. The molecule has 2 aromatic carbocycles. The molecule has 5 heteroatoms. The zero-order chi connectivity index (χ0) is 20.6. The van der Waals surface area contributed by atoms with Gasteiger partial charge in [0, 0.05) is 36.4 Å². The van der Waals surface area contributed by atoms with E-state index in [4.69, 9.17) is 0 Å². The third-order valence-electron chi connectivity index (χ3n) is 5.17. The number of nitrogens with one attached hydrogen (secondary N) is 3. The van der Waals surface area contributed by atoms with E-state index in [2.05, 4.69) is 57.0 Å². The molecule has 4 aromatic rings. The van der Waals surface area contributed by atoms with Crippen LogP contribution in [0.15, 0.2) is 79.1 Å². The van der Waals surface area contributed by atoms with Gasteiger partial charge in [0.25, 0.3) is 5.91 Å². The molecule has 2 heterocycles. The maximum Gasteiger partial charge on any atom is 0.252 e. The number of rotatable bonds is 9. The van der Waals surface area contributed by atoms with Gasteiger partial charge in [-0.25, -0.2) is 4.98 Å². The smallest absolute Gasteiger partial charge is 0.252 e. The first-order valence-electron chi connectivity index (χ1n) is 10.4. The number of nitrogens with zero attached hydrogens (tertiary/aromatic N) is 1. The Labute approximate surface area is 176 Å². The molecule has 152 valence electrons. The predicted molar refractivity (Wildman–Crippen MR) is 122 cm³/mol. The number of carbonyl (C=O) groups is 1. The van der Waals surface area contributed by atoms with Gasteiger partial charge < -0.3 is 15.6 Å². The third-order valence-corrected chi connectivity index (χ3v) is 5.17. The fourth-order valence-corrected chi connectivity index (χ4v) is 3.54. The molecule has 2 aromatic heterocycles. The molecule has 1 amide bonds. The molecular weight excluding hydrogens is 372 g/mol. The SMILES string of the molecule is O=C(NCCc1c[nH]c2ccccc12)c1ccc(NCCCc2ccccc2)nc1. The van der Waals surface area contributed by atoms with Gasteiger partial charge in [-0.3, -0.25) is 4.79 Å². The summed E-state index contributed by atoms with van der Waals surface area (Å²) in [5.41, 5.74) is 4.24. The van der Waals surface area contributed by atoms with E-state index in [0.717, 1.165) is 37.1 Å². The van der Waals surface area contributed by atoms with E-state index in [0.29, 0.717) is 12.1 Å². The minimum atomic E-state index is -0.0991. The Morgan fingerprint density at radius 2 is 1.73 bits per heavy atom. The second-order valence-electron chi connectivity index (χ2n) is 7.31. The van der Waals surface area contributed by atoms with Crippen molar-refractivity contribution in [2.45, 2.75) is 19.3 Å². The molecular formula is C25H26N4O. The summed E-state index contributed by atoms with van der Waals surface area (Å²) in [5, 5.41) is 7.50. The van der Waals surface area contributed by atoms with E-state index < -0.39 is 0 Å². The van der Waals surface area contributed by atoms with Crippen molar-refractivity contribution in [3.63, 3.8) is 0 Å². The van der Waals surface area contributed by atoms with Gasteiger partial charge in [0.2, 0.25) is 0 Å². The Balaban J connectivity index is 1.21. The van der Waals surface area contributed by atoms with E-state index in [1.165, 1.54) is 16.5 Å². The molecule has 0 saturated carbocycles. The monoisotopic (exact) mass is 398 g/mol. The summed E-state index contributed by atoms with van der Waals surface area (Å²) in [6, 6.07) is 22.3. The summed E-state index contributed by atoms with van der Waals surface area (Å²) in [4.78, 5) is 20.0. The van der Waals surface area contributed by atoms with Gasteiger partial charge in [-0.2, -0.15) is 0 Å². The Morgan fingerprint density at radius 1 is 0.900 bits per heavy atom. The molecule has 3 N–H and O–H groups in total. The first-order chi connectivity index (χ1) is 14.8. The van der Waals surface area contributed by atoms with Crippen LogP contribution in [0.3, 0.4) is 0 Å². The summed E-state index contributed by atoms with van der Waals surface area (Å²) >= 11 is 0. The van der Waals surface area contributed by atoms with Gasteiger partial charge in [-0.15, -0.1) is 0 Å². The fraction of sp³-hybridized carbons (Fsp3) is 0.200. The van der Waals surface area contributed by atoms with E-state index in [9.17, 15) is 4.79 Å². The number of aromatic amines is 1. The lowest BCUT2D eigenvalue weighted by molar-refractivity contribution is 0.0954. The predicted octanol–water partition coefficient (Wildman–Crippen LogP) is 4.58. The fourth-order valence-electron chi connectivity index (χ4n) is 3.54. The summed E-state index contributed by atoms with van der Waals surface area (Å²) in [7, 11) is 0. The molecule has 0 aliphatic heterocycles. The van der Waals surface area contributed by atoms with Crippen molar-refractivity contribution in [1.82, 2.24) is 15.3 Å². The standard InChI is InChI=1S/C25H26N4O/c30-25(27-16-14-20-17-28-23-11-5-4-10-22(20)23)21-12-13-24(29-18-21)26-15-6-9-19-7-2-1-3-8-19/h1-5,7-8,10-13,17-18,28H,6,9,14-16H2,(H,26,29)(H,27,30). The first kappa shape index (κ1) is 19.7. The molecule has 30 heavy (non-hydrogen) atoms. The number of para-hydroxylation sites is 1. The quantitative estimate of drug-likeness (QED) is 0.362. The van der Waals surface area contributed by atoms with Crippen LogP contribution >= 0.6 is 0 Å². The number of benzene rings is 2. The van der Waals surface area contributed by atoms with Crippen molar-refractivity contribution < 1.29 is 4.79 Å². The van der Waals surface area contributed by atoms with E-state index in [-0.39, 0.29) is 5.91 Å². The third kappa shape index (κ3) is 5.06. The van der Waals surface area contributed by atoms with Crippen molar-refractivity contribution in [1.29, 1.82) is 0 Å². The number of hydrogen-bond donors (Lipinski definition) is 3. The van der Waals surface area contributed by atoms with E-state index in [1.807, 2.05) is 36.5 Å². The Hall–Kier alpha value is -3.60. The van der Waals surface area contributed by atoms with Gasteiger partial charge in [-0.05, 0) is 48.6 Å². The van der Waals surface area contributed by atoms with E-state index >= 15 is 0 Å². The van der Waals surface area contributed by atoms with Gasteiger partial charge in [-0.1, -0.05) is 48.5 Å². The number of aromatic nitrogens is 2. The summed E-state index contributed by atoms with van der Waals surface area (Å²) in [6.07, 6.45) is 6.48. The number of carbonyl (C=O) groups excluding carboxylic acids is 1. The second-order valence-corrected chi connectivity index (χ2v) is 7.31. The molecule has 0 fully saturated rings. The minimum Gasteiger partial charge on any atom is -0.370 e. The topological polar surface area (TPSA) is 69.8 Å². The normalized spacial score (nSPS) is 10.8. The van der Waals surface area contributed by atoms with Gasteiger partial charge in [0.1, 0.15) is 5.82 Å². The van der Waals surface area contributed by atoms with Crippen LogP contribution in [0.25, 0.3) is 10.9 Å². The zero-order valence-corrected chi connectivity index (χ0v) is 16.9. The van der Waals surface area contributed by atoms with Gasteiger partial charge in [0.05, 0.1) is 5.56 Å². The summed E-state index contributed by atoms with van der Waals surface area (Å²) < 4.78 is 0. The van der Waals surface area contributed by atoms with E-state index in [1.54, 1.807) is 6.20 Å². The molecule has 0 saturated heterocycles. The maximum atomic E-state index is 12.4. The highest BCUT2D eigenvalue weighted by Gasteiger charge is 2.07. The number of pyridine rings is 1. The average molecular weight is 399 g/mol. The van der Waals surface area contributed by atoms with Gasteiger partial charge >= 0.3 is 0 Å².